The van der Waals surface area contributed by atoms with Crippen molar-refractivity contribution >= 4 is 12.1 Å². The van der Waals surface area contributed by atoms with Crippen molar-refractivity contribution in [1.29, 1.82) is 0 Å². The van der Waals surface area contributed by atoms with Crippen LogP contribution in [0.2, 0.25) is 0 Å². The third-order valence-electron chi connectivity index (χ3n) is 3.31. The van der Waals surface area contributed by atoms with Crippen LogP contribution in [0.4, 0.5) is 4.79 Å². The van der Waals surface area contributed by atoms with Gasteiger partial charge in [-0.3, -0.25) is 0 Å². The molecule has 116 valence electrons. The van der Waals surface area contributed by atoms with Crippen LogP contribution in [0.5, 0.6) is 0 Å². The number of hydrogen-bond acceptors (Lipinski definition) is 5. The zero-order chi connectivity index (χ0) is 15.4. The van der Waals surface area contributed by atoms with Gasteiger partial charge in [0.15, 0.2) is 12.8 Å². The monoisotopic (exact) mass is 288 g/mol. The molecule has 0 aliphatic carbocycles. The van der Waals surface area contributed by atoms with Gasteiger partial charge in [-0.25, -0.2) is 4.79 Å². The lowest BCUT2D eigenvalue weighted by Gasteiger charge is -2.35. The first-order chi connectivity index (χ1) is 9.27. The molecule has 1 rings (SSSR count). The Morgan fingerprint density at radius 3 is 2.45 bits per heavy atom. The molecule has 0 saturated carbocycles. The van der Waals surface area contributed by atoms with Crippen molar-refractivity contribution in [1.82, 2.24) is 0 Å². The Morgan fingerprint density at radius 2 is 1.95 bits per heavy atom. The summed E-state index contributed by atoms with van der Waals surface area (Å²) in [5, 5.41) is 0. The number of ether oxygens (including phenoxy) is 3. The Morgan fingerprint density at radius 1 is 1.30 bits per heavy atom. The molecule has 6 nitrogen and oxygen atoms in total. The van der Waals surface area contributed by atoms with Gasteiger partial charge in [0.1, 0.15) is 5.60 Å². The molecule has 0 aromatic carbocycles. The standard InChI is InChI=1S/C14H26NO5/c1-6-19-12(16)11-8-7-9-15(11,10-18-5)13(17)20-14(2,3)4/h11H,6-10H2,1-5H3/q+1/t11-,15?/m0/s1. The highest BCUT2D eigenvalue weighted by molar-refractivity contribution is 5.77. The second kappa shape index (κ2) is 6.54. The molecule has 0 aromatic rings. The van der Waals surface area contributed by atoms with E-state index >= 15 is 0 Å². The van der Waals surface area contributed by atoms with Gasteiger partial charge in [-0.15, -0.1) is 0 Å². The van der Waals surface area contributed by atoms with Gasteiger partial charge in [0.25, 0.3) is 0 Å². The van der Waals surface area contributed by atoms with Crippen LogP contribution in [0.1, 0.15) is 40.5 Å². The Balaban J connectivity index is 3.00. The molecular formula is C14H26NO5+. The molecule has 0 N–H and O–H groups in total. The third-order valence-corrected chi connectivity index (χ3v) is 3.31. The van der Waals surface area contributed by atoms with Gasteiger partial charge in [0.05, 0.1) is 13.2 Å². The van der Waals surface area contributed by atoms with E-state index in [4.69, 9.17) is 14.2 Å². The zero-order valence-electron chi connectivity index (χ0n) is 13.1. The summed E-state index contributed by atoms with van der Waals surface area (Å²) in [6.45, 7) is 8.14. The summed E-state index contributed by atoms with van der Waals surface area (Å²) in [4.78, 5) is 24.7. The Hall–Kier alpha value is -1.14. The maximum absolute atomic E-state index is 12.6. The van der Waals surface area contributed by atoms with Crippen LogP contribution < -0.4 is 0 Å². The summed E-state index contributed by atoms with van der Waals surface area (Å²) in [6, 6.07) is -0.537. The van der Waals surface area contributed by atoms with Crippen molar-refractivity contribution < 1.29 is 28.3 Å². The van der Waals surface area contributed by atoms with E-state index in [1.165, 1.54) is 7.11 Å². The Kier molecular flexibility index (Phi) is 5.53. The van der Waals surface area contributed by atoms with Crippen LogP contribution in [0.3, 0.4) is 0 Å². The van der Waals surface area contributed by atoms with E-state index in [0.717, 1.165) is 6.42 Å². The van der Waals surface area contributed by atoms with E-state index in [-0.39, 0.29) is 17.2 Å². The van der Waals surface area contributed by atoms with E-state index in [0.29, 0.717) is 19.6 Å². The molecule has 1 aliphatic heterocycles. The van der Waals surface area contributed by atoms with Crippen molar-refractivity contribution in [2.24, 2.45) is 0 Å². The number of rotatable bonds is 4. The van der Waals surface area contributed by atoms with Gasteiger partial charge in [0, 0.05) is 20.0 Å². The molecule has 1 aliphatic rings. The molecule has 6 heteroatoms. The minimum absolute atomic E-state index is 0.123. The Labute approximate surface area is 120 Å². The van der Waals surface area contributed by atoms with Crippen LogP contribution in [-0.2, 0) is 19.0 Å². The molecule has 1 amide bonds. The molecule has 1 fully saturated rings. The Bertz CT molecular complexity index is 363. The predicted octanol–water partition coefficient (Wildman–Crippen LogP) is 2.07. The van der Waals surface area contributed by atoms with Crippen molar-refractivity contribution in [2.75, 3.05) is 27.0 Å². The highest BCUT2D eigenvalue weighted by Gasteiger charge is 2.55. The van der Waals surface area contributed by atoms with Crippen LogP contribution in [-0.4, -0.2) is 55.2 Å². The minimum Gasteiger partial charge on any atom is -0.462 e. The molecule has 1 unspecified atom stereocenters. The predicted molar refractivity (Wildman–Crippen MR) is 72.9 cm³/mol. The highest BCUT2D eigenvalue weighted by Crippen LogP contribution is 2.31. The quantitative estimate of drug-likeness (QED) is 0.585. The fourth-order valence-corrected chi connectivity index (χ4v) is 2.54. The third kappa shape index (κ3) is 3.70. The fourth-order valence-electron chi connectivity index (χ4n) is 2.54. The molecule has 1 heterocycles. The molecule has 0 spiro atoms. The van der Waals surface area contributed by atoms with E-state index in [9.17, 15) is 9.59 Å². The second-order valence-electron chi connectivity index (χ2n) is 6.07. The van der Waals surface area contributed by atoms with Gasteiger partial charge in [-0.1, -0.05) is 0 Å². The van der Waals surface area contributed by atoms with E-state index in [1.54, 1.807) is 6.92 Å². The summed E-state index contributed by atoms with van der Waals surface area (Å²) < 4.78 is 15.6. The first-order valence-corrected chi connectivity index (χ1v) is 7.02. The molecule has 0 bridgehead atoms. The van der Waals surface area contributed by atoms with Crippen molar-refractivity contribution in [3.05, 3.63) is 0 Å². The van der Waals surface area contributed by atoms with E-state index in [2.05, 4.69) is 0 Å². The molecular weight excluding hydrogens is 262 g/mol. The highest BCUT2D eigenvalue weighted by atomic mass is 16.6. The van der Waals surface area contributed by atoms with Crippen molar-refractivity contribution in [3.63, 3.8) is 0 Å². The van der Waals surface area contributed by atoms with E-state index < -0.39 is 17.7 Å². The van der Waals surface area contributed by atoms with Crippen LogP contribution in [0.25, 0.3) is 0 Å². The maximum Gasteiger partial charge on any atom is 0.519 e. The van der Waals surface area contributed by atoms with Gasteiger partial charge >= 0.3 is 12.1 Å². The summed E-state index contributed by atoms with van der Waals surface area (Å²) in [7, 11) is 1.52. The number of amides is 1. The molecule has 0 aromatic heterocycles. The number of nitrogens with zero attached hydrogens (tertiary/aromatic N) is 1. The minimum atomic E-state index is -0.599. The van der Waals surface area contributed by atoms with Crippen molar-refractivity contribution in [2.45, 2.75) is 52.2 Å². The van der Waals surface area contributed by atoms with Crippen LogP contribution in [0, 0.1) is 0 Å². The smallest absolute Gasteiger partial charge is 0.462 e. The normalized spacial score (nSPS) is 26.4. The summed E-state index contributed by atoms with van der Waals surface area (Å²) >= 11 is 0. The molecule has 2 atom stereocenters. The number of esters is 1. The number of hydrogen-bond donors (Lipinski definition) is 0. The number of carbonyl (C=O) groups excluding carboxylic acids is 2. The number of likely N-dealkylation sites (tertiary alicyclic amines) is 1. The van der Waals surface area contributed by atoms with Gasteiger partial charge < -0.3 is 14.2 Å². The number of carbonyl (C=O) groups is 2. The maximum atomic E-state index is 12.6. The largest absolute Gasteiger partial charge is 0.519 e. The first-order valence-electron chi connectivity index (χ1n) is 7.02. The number of quaternary nitrogens is 1. The fraction of sp³-hybridized carbons (Fsp3) is 0.857. The van der Waals surface area contributed by atoms with Crippen LogP contribution >= 0.6 is 0 Å². The second-order valence-corrected chi connectivity index (χ2v) is 6.07. The lowest BCUT2D eigenvalue weighted by molar-refractivity contribution is -0.881. The van der Waals surface area contributed by atoms with Crippen LogP contribution in [0.15, 0.2) is 0 Å². The molecule has 20 heavy (non-hydrogen) atoms. The van der Waals surface area contributed by atoms with Gasteiger partial charge in [-0.2, -0.15) is 9.28 Å². The van der Waals surface area contributed by atoms with Gasteiger partial charge in [-0.05, 0) is 27.7 Å². The van der Waals surface area contributed by atoms with Gasteiger partial charge in [0.2, 0.25) is 0 Å². The average Bonchev–Trinajstić information content (AvgIpc) is 2.72. The van der Waals surface area contributed by atoms with Crippen molar-refractivity contribution in [3.8, 4) is 0 Å². The summed E-state index contributed by atoms with van der Waals surface area (Å²) in [5.74, 6) is -0.354. The summed E-state index contributed by atoms with van der Waals surface area (Å²) in [6.07, 6.45) is 0.961. The summed E-state index contributed by atoms with van der Waals surface area (Å²) in [5.41, 5.74) is -0.599. The topological polar surface area (TPSA) is 61.8 Å². The van der Waals surface area contributed by atoms with E-state index in [1.807, 2.05) is 20.8 Å². The molecule has 0 radical (unpaired) electrons. The molecule has 1 saturated heterocycles. The first kappa shape index (κ1) is 16.9. The zero-order valence-corrected chi connectivity index (χ0v) is 13.1. The lowest BCUT2D eigenvalue weighted by atomic mass is 10.2. The number of methoxy groups -OCH3 is 1. The average molecular weight is 288 g/mol. The lowest BCUT2D eigenvalue weighted by Crippen LogP contribution is -2.61. The SMILES string of the molecule is CCOC(=O)[C@@H]1CCC[N+]1(COC)C(=O)OC(C)(C)C.